The van der Waals surface area contributed by atoms with Crippen molar-refractivity contribution in [3.63, 3.8) is 0 Å². The van der Waals surface area contributed by atoms with Crippen LogP contribution >= 0.6 is 0 Å². The van der Waals surface area contributed by atoms with Gasteiger partial charge in [0.1, 0.15) is 5.75 Å². The van der Waals surface area contributed by atoms with E-state index in [0.29, 0.717) is 39.3 Å². The van der Waals surface area contributed by atoms with E-state index in [1.54, 1.807) is 0 Å². The van der Waals surface area contributed by atoms with Crippen LogP contribution in [0.4, 0.5) is 0 Å². The number of phenols is 1. The standard InChI is InChI=1S/C15H30N6O/c16-3-10(4-17)9-1-13(11(5-18)6-19)15(22)14(2-9)12(7-20)8-21/h1-2,10-12,22H,3-8,16-21H2. The Kier molecular flexibility index (Phi) is 7.74. The van der Waals surface area contributed by atoms with Gasteiger partial charge in [0.15, 0.2) is 0 Å². The number of hydrogen-bond donors (Lipinski definition) is 7. The predicted molar refractivity (Wildman–Crippen MR) is 90.7 cm³/mol. The molecule has 13 N–H and O–H groups in total. The highest BCUT2D eigenvalue weighted by Crippen LogP contribution is 2.36. The molecule has 0 fully saturated rings. The third kappa shape index (κ3) is 3.95. The SMILES string of the molecule is NCC(CN)c1cc(C(CN)CN)c(O)c(C(CN)CN)c1. The predicted octanol–water partition coefficient (Wildman–Crippen LogP) is -1.60. The number of phenolic OH excluding ortho intramolecular Hbond substituents is 1. The highest BCUT2D eigenvalue weighted by molar-refractivity contribution is 5.49. The van der Waals surface area contributed by atoms with Crippen LogP contribution in [0.5, 0.6) is 5.75 Å². The second kappa shape index (κ2) is 9.04. The first-order chi connectivity index (χ1) is 10.6. The van der Waals surface area contributed by atoms with Gasteiger partial charge in [-0.1, -0.05) is 12.1 Å². The molecule has 126 valence electrons. The van der Waals surface area contributed by atoms with Crippen LogP contribution in [-0.4, -0.2) is 44.4 Å². The Morgan fingerprint density at radius 2 is 0.955 bits per heavy atom. The van der Waals surface area contributed by atoms with Gasteiger partial charge in [0.25, 0.3) is 0 Å². The van der Waals surface area contributed by atoms with Crippen molar-refractivity contribution in [3.05, 3.63) is 28.8 Å². The number of benzene rings is 1. The van der Waals surface area contributed by atoms with Crippen LogP contribution in [0.25, 0.3) is 0 Å². The van der Waals surface area contributed by atoms with E-state index in [1.807, 2.05) is 12.1 Å². The normalized spacial score (nSPS) is 11.9. The average molecular weight is 310 g/mol. The first kappa shape index (κ1) is 18.8. The summed E-state index contributed by atoms with van der Waals surface area (Å²) in [4.78, 5) is 0. The van der Waals surface area contributed by atoms with Gasteiger partial charge in [-0.15, -0.1) is 0 Å². The summed E-state index contributed by atoms with van der Waals surface area (Å²) in [7, 11) is 0. The van der Waals surface area contributed by atoms with Gasteiger partial charge in [0.05, 0.1) is 0 Å². The Bertz CT molecular complexity index is 422. The molecule has 0 spiro atoms. The zero-order valence-corrected chi connectivity index (χ0v) is 13.0. The lowest BCUT2D eigenvalue weighted by Crippen LogP contribution is -2.26. The molecule has 0 heterocycles. The highest BCUT2D eigenvalue weighted by atomic mass is 16.3. The average Bonchev–Trinajstić information content (AvgIpc) is 2.54. The largest absolute Gasteiger partial charge is 0.507 e. The molecule has 0 saturated heterocycles. The molecule has 0 aliphatic carbocycles. The molecule has 0 aliphatic rings. The Morgan fingerprint density at radius 3 is 1.23 bits per heavy atom. The van der Waals surface area contributed by atoms with Crippen molar-refractivity contribution in [1.82, 2.24) is 0 Å². The zero-order chi connectivity index (χ0) is 16.7. The van der Waals surface area contributed by atoms with Crippen LogP contribution in [0, 0.1) is 0 Å². The summed E-state index contributed by atoms with van der Waals surface area (Å²) in [6.45, 7) is 2.23. The summed E-state index contributed by atoms with van der Waals surface area (Å²) in [6.07, 6.45) is 0. The minimum Gasteiger partial charge on any atom is -0.507 e. The van der Waals surface area contributed by atoms with Gasteiger partial charge >= 0.3 is 0 Å². The maximum Gasteiger partial charge on any atom is 0.122 e. The third-order valence-electron chi connectivity index (χ3n) is 4.25. The second-order valence-electron chi connectivity index (χ2n) is 5.55. The first-order valence-corrected chi connectivity index (χ1v) is 7.64. The third-order valence-corrected chi connectivity index (χ3v) is 4.25. The van der Waals surface area contributed by atoms with Crippen molar-refractivity contribution in [3.8, 4) is 5.75 Å². The second-order valence-corrected chi connectivity index (χ2v) is 5.55. The summed E-state index contributed by atoms with van der Waals surface area (Å²) in [5, 5.41) is 10.6. The van der Waals surface area contributed by atoms with Gasteiger partial charge in [-0.3, -0.25) is 0 Å². The molecule has 7 nitrogen and oxygen atoms in total. The molecule has 0 atom stereocenters. The lowest BCUT2D eigenvalue weighted by atomic mass is 9.85. The molecule has 0 amide bonds. The smallest absolute Gasteiger partial charge is 0.122 e. The van der Waals surface area contributed by atoms with E-state index in [0.717, 1.165) is 16.7 Å². The molecule has 1 rings (SSSR count). The van der Waals surface area contributed by atoms with Gasteiger partial charge < -0.3 is 39.5 Å². The van der Waals surface area contributed by atoms with Crippen LogP contribution in [0.1, 0.15) is 34.4 Å². The summed E-state index contributed by atoms with van der Waals surface area (Å²) in [5.41, 5.74) is 37.1. The van der Waals surface area contributed by atoms with Gasteiger partial charge in [0, 0.05) is 68.1 Å². The highest BCUT2D eigenvalue weighted by Gasteiger charge is 2.22. The van der Waals surface area contributed by atoms with E-state index < -0.39 is 0 Å². The van der Waals surface area contributed by atoms with Crippen LogP contribution in [-0.2, 0) is 0 Å². The number of rotatable bonds is 9. The van der Waals surface area contributed by atoms with E-state index in [4.69, 9.17) is 34.4 Å². The Balaban J connectivity index is 3.48. The fraction of sp³-hybridized carbons (Fsp3) is 0.600. The van der Waals surface area contributed by atoms with Gasteiger partial charge in [0.2, 0.25) is 0 Å². The van der Waals surface area contributed by atoms with E-state index in [1.165, 1.54) is 0 Å². The first-order valence-electron chi connectivity index (χ1n) is 7.64. The molecule has 7 heteroatoms. The maximum atomic E-state index is 10.6. The molecule has 1 aromatic carbocycles. The van der Waals surface area contributed by atoms with E-state index >= 15 is 0 Å². The summed E-state index contributed by atoms with van der Waals surface area (Å²) < 4.78 is 0. The van der Waals surface area contributed by atoms with Crippen LogP contribution in [0.3, 0.4) is 0 Å². The molecular formula is C15H30N6O. The van der Waals surface area contributed by atoms with Crippen molar-refractivity contribution >= 4 is 0 Å². The van der Waals surface area contributed by atoms with Gasteiger partial charge in [-0.05, 0) is 5.56 Å². The zero-order valence-electron chi connectivity index (χ0n) is 13.0. The lowest BCUT2D eigenvalue weighted by molar-refractivity contribution is 0.447. The summed E-state index contributed by atoms with van der Waals surface area (Å²) in [6, 6.07) is 3.80. The fourth-order valence-electron chi connectivity index (χ4n) is 2.63. The lowest BCUT2D eigenvalue weighted by Gasteiger charge is -2.24. The van der Waals surface area contributed by atoms with Crippen LogP contribution in [0.15, 0.2) is 12.1 Å². The Morgan fingerprint density at radius 1 is 0.636 bits per heavy atom. The minimum absolute atomic E-state index is 0.00509. The Labute approximate surface area is 132 Å². The van der Waals surface area contributed by atoms with Gasteiger partial charge in [-0.25, -0.2) is 0 Å². The molecule has 0 bridgehead atoms. The molecule has 1 aromatic rings. The van der Waals surface area contributed by atoms with Gasteiger partial charge in [-0.2, -0.15) is 0 Å². The Hall–Kier alpha value is -1.22. The number of nitrogens with two attached hydrogens (primary N) is 6. The maximum absolute atomic E-state index is 10.6. The number of hydrogen-bond acceptors (Lipinski definition) is 7. The number of aromatic hydroxyl groups is 1. The molecule has 0 saturated carbocycles. The van der Waals surface area contributed by atoms with Crippen molar-refractivity contribution in [2.45, 2.75) is 17.8 Å². The topological polar surface area (TPSA) is 176 Å². The fourth-order valence-corrected chi connectivity index (χ4v) is 2.63. The van der Waals surface area contributed by atoms with E-state index in [2.05, 4.69) is 0 Å². The monoisotopic (exact) mass is 310 g/mol. The van der Waals surface area contributed by atoms with E-state index in [-0.39, 0.29) is 23.5 Å². The van der Waals surface area contributed by atoms with Crippen LogP contribution in [0.2, 0.25) is 0 Å². The molecule has 0 unspecified atom stereocenters. The minimum atomic E-state index is -0.133. The summed E-state index contributed by atoms with van der Waals surface area (Å²) in [5.74, 6) is -0.0824. The molecule has 0 radical (unpaired) electrons. The van der Waals surface area contributed by atoms with Crippen molar-refractivity contribution in [2.24, 2.45) is 34.4 Å². The molecule has 22 heavy (non-hydrogen) atoms. The molecular weight excluding hydrogens is 280 g/mol. The summed E-state index contributed by atoms with van der Waals surface area (Å²) >= 11 is 0. The quantitative estimate of drug-likeness (QED) is 0.287. The molecule has 0 aliphatic heterocycles. The van der Waals surface area contributed by atoms with Crippen LogP contribution < -0.4 is 34.4 Å². The van der Waals surface area contributed by atoms with E-state index in [9.17, 15) is 5.11 Å². The van der Waals surface area contributed by atoms with Crippen molar-refractivity contribution < 1.29 is 5.11 Å². The molecule has 0 aromatic heterocycles. The van der Waals surface area contributed by atoms with Crippen molar-refractivity contribution in [1.29, 1.82) is 0 Å². The van der Waals surface area contributed by atoms with Crippen molar-refractivity contribution in [2.75, 3.05) is 39.3 Å².